The Morgan fingerprint density at radius 3 is 2.78 bits per heavy atom. The third-order valence-corrected chi connectivity index (χ3v) is 4.45. The minimum absolute atomic E-state index is 0.320. The van der Waals surface area contributed by atoms with Crippen molar-refractivity contribution in [2.24, 2.45) is 0 Å². The van der Waals surface area contributed by atoms with E-state index in [2.05, 4.69) is 26.7 Å². The zero-order valence-corrected chi connectivity index (χ0v) is 15.7. The van der Waals surface area contributed by atoms with E-state index < -0.39 is 0 Å². The van der Waals surface area contributed by atoms with Gasteiger partial charge in [-0.3, -0.25) is 0 Å². The van der Waals surface area contributed by atoms with Crippen LogP contribution in [-0.2, 0) is 4.74 Å². The van der Waals surface area contributed by atoms with Crippen LogP contribution in [0.25, 0.3) is 0 Å². The van der Waals surface area contributed by atoms with E-state index in [9.17, 15) is 4.79 Å². The molecule has 2 N–H and O–H groups in total. The van der Waals surface area contributed by atoms with Gasteiger partial charge in [0.2, 0.25) is 5.95 Å². The van der Waals surface area contributed by atoms with Gasteiger partial charge in [-0.15, -0.1) is 0 Å². The number of nitrogens with one attached hydrogen (secondary N) is 2. The second kappa shape index (κ2) is 9.71. The maximum Gasteiger partial charge on any atom is 0.338 e. The summed E-state index contributed by atoms with van der Waals surface area (Å²) >= 11 is 0. The molecular formula is C21H26N4O2. The molecule has 3 rings (SSSR count). The Morgan fingerprint density at radius 2 is 2.04 bits per heavy atom. The number of rotatable bonds is 8. The predicted octanol–water partition coefficient (Wildman–Crippen LogP) is 4.70. The normalized spacial score (nSPS) is 13.6. The molecule has 0 bridgehead atoms. The van der Waals surface area contributed by atoms with Crippen LogP contribution in [0.2, 0.25) is 0 Å². The van der Waals surface area contributed by atoms with Crippen molar-refractivity contribution in [1.82, 2.24) is 9.97 Å². The smallest absolute Gasteiger partial charge is 0.338 e. The van der Waals surface area contributed by atoms with Crippen LogP contribution in [0.3, 0.4) is 0 Å². The zero-order chi connectivity index (χ0) is 18.9. The van der Waals surface area contributed by atoms with Crippen LogP contribution in [0.5, 0.6) is 0 Å². The Bertz CT molecular complexity index is 787. The first-order chi connectivity index (χ1) is 13.2. The SMILES string of the molecule is CCOC(=O)c1ccc(Nc2nccc(NCCC3=CCCCC3)n2)cc1. The summed E-state index contributed by atoms with van der Waals surface area (Å²) in [7, 11) is 0. The maximum atomic E-state index is 11.7. The molecule has 6 heteroatoms. The number of hydrogen-bond acceptors (Lipinski definition) is 6. The van der Waals surface area contributed by atoms with Gasteiger partial charge < -0.3 is 15.4 Å². The highest BCUT2D eigenvalue weighted by Crippen LogP contribution is 2.20. The molecule has 0 saturated carbocycles. The minimum atomic E-state index is -0.320. The van der Waals surface area contributed by atoms with E-state index in [0.29, 0.717) is 18.1 Å². The standard InChI is InChI=1S/C21H26N4O2/c1-2-27-20(26)17-8-10-18(11-9-17)24-21-23-15-13-19(25-21)22-14-12-16-6-4-3-5-7-16/h6,8-11,13,15H,2-5,7,12,14H2,1H3,(H2,22,23,24,25). The van der Waals surface area contributed by atoms with Crippen molar-refractivity contribution < 1.29 is 9.53 Å². The van der Waals surface area contributed by atoms with Crippen molar-refractivity contribution in [3.05, 3.63) is 53.7 Å². The van der Waals surface area contributed by atoms with Crippen molar-refractivity contribution >= 4 is 23.4 Å². The summed E-state index contributed by atoms with van der Waals surface area (Å²) in [5, 5.41) is 6.52. The lowest BCUT2D eigenvalue weighted by Crippen LogP contribution is -2.07. The second-order valence-electron chi connectivity index (χ2n) is 6.47. The molecule has 0 spiro atoms. The highest BCUT2D eigenvalue weighted by Gasteiger charge is 2.07. The lowest BCUT2D eigenvalue weighted by molar-refractivity contribution is 0.0526. The molecule has 0 aliphatic heterocycles. The van der Waals surface area contributed by atoms with Gasteiger partial charge in [-0.25, -0.2) is 9.78 Å². The zero-order valence-electron chi connectivity index (χ0n) is 15.7. The lowest BCUT2D eigenvalue weighted by atomic mass is 9.97. The molecule has 0 atom stereocenters. The number of benzene rings is 1. The van der Waals surface area contributed by atoms with Gasteiger partial charge in [0.15, 0.2) is 0 Å². The summed E-state index contributed by atoms with van der Waals surface area (Å²) in [4.78, 5) is 20.4. The molecule has 6 nitrogen and oxygen atoms in total. The molecule has 0 amide bonds. The number of carbonyl (C=O) groups excluding carboxylic acids is 1. The molecule has 0 radical (unpaired) electrons. The van der Waals surface area contributed by atoms with Crippen molar-refractivity contribution in [3.8, 4) is 0 Å². The molecule has 142 valence electrons. The molecule has 1 aliphatic carbocycles. The predicted molar refractivity (Wildman–Crippen MR) is 107 cm³/mol. The van der Waals surface area contributed by atoms with Crippen LogP contribution < -0.4 is 10.6 Å². The van der Waals surface area contributed by atoms with E-state index in [1.54, 1.807) is 30.8 Å². The lowest BCUT2D eigenvalue weighted by Gasteiger charge is -2.13. The quantitative estimate of drug-likeness (QED) is 0.521. The summed E-state index contributed by atoms with van der Waals surface area (Å²) in [6, 6.07) is 8.93. The molecule has 1 heterocycles. The van der Waals surface area contributed by atoms with Crippen LogP contribution in [0.4, 0.5) is 17.5 Å². The summed E-state index contributed by atoms with van der Waals surface area (Å²) in [5.74, 6) is 0.993. The van der Waals surface area contributed by atoms with Crippen LogP contribution in [-0.4, -0.2) is 29.1 Å². The van der Waals surface area contributed by atoms with Crippen molar-refractivity contribution in [2.45, 2.75) is 39.0 Å². The average molecular weight is 366 g/mol. The van der Waals surface area contributed by atoms with Crippen LogP contribution in [0.1, 0.15) is 49.4 Å². The van der Waals surface area contributed by atoms with Crippen LogP contribution in [0, 0.1) is 0 Å². The molecule has 27 heavy (non-hydrogen) atoms. The third kappa shape index (κ3) is 5.81. The van der Waals surface area contributed by atoms with E-state index in [1.165, 1.54) is 25.7 Å². The number of ether oxygens (including phenoxy) is 1. The van der Waals surface area contributed by atoms with E-state index in [-0.39, 0.29) is 5.97 Å². The Labute approximate surface area is 160 Å². The highest BCUT2D eigenvalue weighted by molar-refractivity contribution is 5.89. The molecule has 0 fully saturated rings. The van der Waals surface area contributed by atoms with Crippen molar-refractivity contribution in [1.29, 1.82) is 0 Å². The van der Waals surface area contributed by atoms with Crippen LogP contribution >= 0.6 is 0 Å². The number of nitrogens with zero attached hydrogens (tertiary/aromatic N) is 2. The number of hydrogen-bond donors (Lipinski definition) is 2. The fraction of sp³-hybridized carbons (Fsp3) is 0.381. The summed E-state index contributed by atoms with van der Waals surface area (Å²) in [5.41, 5.74) is 2.88. The van der Waals surface area contributed by atoms with Gasteiger partial charge in [-0.05, 0) is 69.4 Å². The van der Waals surface area contributed by atoms with E-state index >= 15 is 0 Å². The van der Waals surface area contributed by atoms with Gasteiger partial charge in [0, 0.05) is 18.4 Å². The van der Waals surface area contributed by atoms with Gasteiger partial charge in [-0.1, -0.05) is 11.6 Å². The first-order valence-electron chi connectivity index (χ1n) is 9.53. The van der Waals surface area contributed by atoms with Gasteiger partial charge in [-0.2, -0.15) is 4.98 Å². The number of aromatic nitrogens is 2. The summed E-state index contributed by atoms with van der Waals surface area (Å²) in [6.45, 7) is 3.03. The first kappa shape index (κ1) is 18.9. The third-order valence-electron chi connectivity index (χ3n) is 4.45. The monoisotopic (exact) mass is 366 g/mol. The van der Waals surface area contributed by atoms with E-state index in [4.69, 9.17) is 4.74 Å². The second-order valence-corrected chi connectivity index (χ2v) is 6.47. The van der Waals surface area contributed by atoms with Crippen LogP contribution in [0.15, 0.2) is 48.2 Å². The van der Waals surface area contributed by atoms with Gasteiger partial charge in [0.1, 0.15) is 5.82 Å². The van der Waals surface area contributed by atoms with Crippen molar-refractivity contribution in [2.75, 3.05) is 23.8 Å². The van der Waals surface area contributed by atoms with Gasteiger partial charge in [0.05, 0.1) is 12.2 Å². The van der Waals surface area contributed by atoms with Gasteiger partial charge >= 0.3 is 5.97 Å². The maximum absolute atomic E-state index is 11.7. The number of allylic oxidation sites excluding steroid dienone is 1. The molecule has 0 saturated heterocycles. The topological polar surface area (TPSA) is 76.1 Å². The summed E-state index contributed by atoms with van der Waals surface area (Å²) < 4.78 is 4.99. The number of esters is 1. The Hall–Kier alpha value is -2.89. The highest BCUT2D eigenvalue weighted by atomic mass is 16.5. The minimum Gasteiger partial charge on any atom is -0.462 e. The molecule has 0 unspecified atom stereocenters. The van der Waals surface area contributed by atoms with E-state index in [1.807, 2.05) is 18.2 Å². The molecule has 2 aromatic rings. The largest absolute Gasteiger partial charge is 0.462 e. The molecule has 1 aliphatic rings. The fourth-order valence-electron chi connectivity index (χ4n) is 3.03. The Balaban J connectivity index is 1.54. The summed E-state index contributed by atoms with van der Waals surface area (Å²) in [6.07, 6.45) is 10.2. The first-order valence-corrected chi connectivity index (χ1v) is 9.53. The Morgan fingerprint density at radius 1 is 1.19 bits per heavy atom. The Kier molecular flexibility index (Phi) is 6.79. The molecule has 1 aromatic heterocycles. The van der Waals surface area contributed by atoms with Gasteiger partial charge in [0.25, 0.3) is 0 Å². The molecule has 1 aromatic carbocycles. The fourth-order valence-corrected chi connectivity index (χ4v) is 3.03. The van der Waals surface area contributed by atoms with Crippen molar-refractivity contribution in [3.63, 3.8) is 0 Å². The number of carbonyl (C=O) groups is 1. The average Bonchev–Trinajstić information content (AvgIpc) is 2.70. The van der Waals surface area contributed by atoms with E-state index in [0.717, 1.165) is 24.5 Å². The number of anilines is 3. The molecular weight excluding hydrogens is 340 g/mol.